The first-order valence-electron chi connectivity index (χ1n) is 15.3. The fraction of sp³-hybridized carbons (Fsp3) is 0.324. The third-order valence-electron chi connectivity index (χ3n) is 7.13. The molecular formula is C34H34Cl4N4O8. The number of methoxy groups -OCH3 is 2. The molecule has 50 heavy (non-hydrogen) atoms. The van der Waals surface area contributed by atoms with Gasteiger partial charge in [-0.1, -0.05) is 46.4 Å². The van der Waals surface area contributed by atoms with Crippen LogP contribution < -0.4 is 24.7 Å². The molecule has 0 amide bonds. The Hall–Kier alpha value is -4.23. The standard InChI is InChI=1S/C15H12Cl2N2O4.C15H14Cl2N2O2.C4H8O2/c1-22-15-11(8-2-3-8)6-10(7-18-15)23-14-12(16)4-9(19(20)21)5-13(14)17;1-20-15-11(8-2-3-8)6-10(7-19-15)21-14-12(16)4-9(18)5-13(14)17;1-3-6-4(2)5/h4-8H,2-3H2,1H3;4-8H,2-3,18H2,1H3;3H2,1-2H3. The van der Waals surface area contributed by atoms with Crippen molar-refractivity contribution in [2.45, 2.75) is 51.4 Å². The first kappa shape index (κ1) is 38.6. The molecule has 0 saturated heterocycles. The maximum atomic E-state index is 10.8. The molecular weight excluding hydrogens is 734 g/mol. The summed E-state index contributed by atoms with van der Waals surface area (Å²) < 4.78 is 26.4. The van der Waals surface area contributed by atoms with Gasteiger partial charge in [0.1, 0.15) is 11.5 Å². The van der Waals surface area contributed by atoms with Gasteiger partial charge in [-0.3, -0.25) is 14.9 Å². The van der Waals surface area contributed by atoms with E-state index >= 15 is 0 Å². The summed E-state index contributed by atoms with van der Waals surface area (Å²) in [6.07, 6.45) is 7.54. The van der Waals surface area contributed by atoms with Crippen molar-refractivity contribution in [1.82, 2.24) is 9.97 Å². The molecule has 2 aliphatic rings. The molecule has 2 aliphatic carbocycles. The van der Waals surface area contributed by atoms with E-state index in [9.17, 15) is 14.9 Å². The first-order chi connectivity index (χ1) is 23.8. The minimum atomic E-state index is -0.568. The van der Waals surface area contributed by atoms with Gasteiger partial charge in [0, 0.05) is 35.9 Å². The van der Waals surface area contributed by atoms with Gasteiger partial charge in [0.25, 0.3) is 5.69 Å². The van der Waals surface area contributed by atoms with Gasteiger partial charge in [-0.15, -0.1) is 0 Å². The molecule has 2 aromatic heterocycles. The highest BCUT2D eigenvalue weighted by Gasteiger charge is 2.29. The molecule has 0 atom stereocenters. The van der Waals surface area contributed by atoms with Gasteiger partial charge in [0.15, 0.2) is 11.5 Å². The number of aromatic nitrogens is 2. The number of pyridine rings is 2. The summed E-state index contributed by atoms with van der Waals surface area (Å²) in [4.78, 5) is 28.5. The van der Waals surface area contributed by atoms with Crippen molar-refractivity contribution in [2.75, 3.05) is 26.6 Å². The second kappa shape index (κ2) is 17.6. The third kappa shape index (κ3) is 10.6. The number of nitrogen functional groups attached to an aromatic ring is 1. The maximum Gasteiger partial charge on any atom is 0.302 e. The number of nitrogens with zero attached hydrogens (tertiary/aromatic N) is 3. The Morgan fingerprint density at radius 2 is 1.20 bits per heavy atom. The lowest BCUT2D eigenvalue weighted by Gasteiger charge is -2.12. The van der Waals surface area contributed by atoms with Gasteiger partial charge in [0.2, 0.25) is 11.8 Å². The minimum absolute atomic E-state index is 0.0630. The molecule has 16 heteroatoms. The lowest BCUT2D eigenvalue weighted by atomic mass is 10.2. The van der Waals surface area contributed by atoms with Crippen molar-refractivity contribution in [3.63, 3.8) is 0 Å². The molecule has 0 unspecified atom stereocenters. The first-order valence-corrected chi connectivity index (χ1v) is 16.8. The summed E-state index contributed by atoms with van der Waals surface area (Å²) in [5.74, 6) is 3.47. The zero-order valence-electron chi connectivity index (χ0n) is 27.5. The van der Waals surface area contributed by atoms with Crippen molar-refractivity contribution in [1.29, 1.82) is 0 Å². The van der Waals surface area contributed by atoms with Crippen molar-refractivity contribution >= 4 is 63.7 Å². The SMILES string of the molecule is CCOC(C)=O.COc1ncc(Oc2c(Cl)cc(N)cc2Cl)cc1C1CC1.COc1ncc(Oc2c(Cl)cc([N+](=O)[O-])cc2Cl)cc1C1CC1. The number of esters is 1. The number of non-ortho nitro benzene ring substituents is 1. The van der Waals surface area contributed by atoms with E-state index in [2.05, 4.69) is 14.7 Å². The number of halogens is 4. The van der Waals surface area contributed by atoms with Gasteiger partial charge < -0.3 is 29.4 Å². The Morgan fingerprint density at radius 1 is 0.800 bits per heavy atom. The van der Waals surface area contributed by atoms with Crippen molar-refractivity contribution in [3.05, 3.63) is 90.1 Å². The number of carbonyl (C=O) groups is 1. The minimum Gasteiger partial charge on any atom is -0.481 e. The van der Waals surface area contributed by atoms with Crippen molar-refractivity contribution < 1.29 is 33.4 Å². The van der Waals surface area contributed by atoms with E-state index in [1.807, 2.05) is 12.1 Å². The van der Waals surface area contributed by atoms with E-state index in [1.165, 1.54) is 25.3 Å². The number of nitrogens with two attached hydrogens (primary N) is 1. The Balaban J connectivity index is 0.000000194. The van der Waals surface area contributed by atoms with E-state index in [0.717, 1.165) is 36.8 Å². The number of anilines is 1. The molecule has 266 valence electrons. The molecule has 0 aliphatic heterocycles. The number of nitro benzene ring substituents is 1. The average molecular weight is 768 g/mol. The van der Waals surface area contributed by atoms with E-state index in [-0.39, 0.29) is 27.5 Å². The van der Waals surface area contributed by atoms with E-state index in [1.54, 1.807) is 39.5 Å². The molecule has 2 heterocycles. The molecule has 12 nitrogen and oxygen atoms in total. The molecule has 0 radical (unpaired) electrons. The van der Waals surface area contributed by atoms with Gasteiger partial charge in [-0.05, 0) is 68.7 Å². The predicted molar refractivity (Wildman–Crippen MR) is 192 cm³/mol. The molecule has 0 bridgehead atoms. The molecule has 0 spiro atoms. The summed E-state index contributed by atoms with van der Waals surface area (Å²) in [6.45, 7) is 3.65. The van der Waals surface area contributed by atoms with Crippen LogP contribution in [0.4, 0.5) is 11.4 Å². The average Bonchev–Trinajstić information content (AvgIpc) is 3.99. The predicted octanol–water partition coefficient (Wildman–Crippen LogP) is 10.2. The van der Waals surface area contributed by atoms with Crippen molar-refractivity contribution in [3.8, 4) is 34.8 Å². The van der Waals surface area contributed by atoms with E-state index in [4.69, 9.17) is 71.1 Å². The smallest absolute Gasteiger partial charge is 0.302 e. The number of benzene rings is 2. The Labute approximate surface area is 308 Å². The number of hydrogen-bond donors (Lipinski definition) is 1. The largest absolute Gasteiger partial charge is 0.481 e. The van der Waals surface area contributed by atoms with Gasteiger partial charge in [-0.25, -0.2) is 9.97 Å². The summed E-state index contributed by atoms with van der Waals surface area (Å²) >= 11 is 24.3. The lowest BCUT2D eigenvalue weighted by Crippen LogP contribution is -1.96. The lowest BCUT2D eigenvalue weighted by molar-refractivity contribution is -0.384. The van der Waals surface area contributed by atoms with Crippen LogP contribution in [0, 0.1) is 10.1 Å². The molecule has 2 N–H and O–H groups in total. The quantitative estimate of drug-likeness (QED) is 0.0708. The van der Waals surface area contributed by atoms with Crippen LogP contribution in [0.1, 0.15) is 62.5 Å². The Kier molecular flexibility index (Phi) is 13.6. The number of ether oxygens (including phenoxy) is 5. The number of hydrogen-bond acceptors (Lipinski definition) is 11. The highest BCUT2D eigenvalue weighted by atomic mass is 35.5. The second-order valence-electron chi connectivity index (χ2n) is 11.0. The zero-order valence-corrected chi connectivity index (χ0v) is 30.5. The fourth-order valence-corrected chi connectivity index (χ4v) is 5.72. The van der Waals surface area contributed by atoms with Crippen LogP contribution in [-0.2, 0) is 9.53 Å². The number of rotatable bonds is 10. The summed E-state index contributed by atoms with van der Waals surface area (Å²) in [5.41, 5.74) is 8.00. The Bertz CT molecular complexity index is 1810. The topological polar surface area (TPSA) is 158 Å². The van der Waals surface area contributed by atoms with Crippen LogP contribution in [0.3, 0.4) is 0 Å². The second-order valence-corrected chi connectivity index (χ2v) is 12.7. The molecule has 2 saturated carbocycles. The van der Waals surface area contributed by atoms with Crippen LogP contribution in [0.25, 0.3) is 0 Å². The summed E-state index contributed by atoms with van der Waals surface area (Å²) in [5, 5.41) is 11.7. The highest BCUT2D eigenvalue weighted by molar-refractivity contribution is 6.38. The molecule has 4 aromatic rings. The highest BCUT2D eigenvalue weighted by Crippen LogP contribution is 2.47. The van der Waals surface area contributed by atoms with Crippen LogP contribution >= 0.6 is 46.4 Å². The van der Waals surface area contributed by atoms with Gasteiger partial charge in [-0.2, -0.15) is 0 Å². The normalized spacial score (nSPS) is 13.1. The van der Waals surface area contributed by atoms with E-state index < -0.39 is 4.92 Å². The maximum absolute atomic E-state index is 10.8. The van der Waals surface area contributed by atoms with Crippen LogP contribution in [0.2, 0.25) is 20.1 Å². The van der Waals surface area contributed by atoms with Crippen LogP contribution in [0.5, 0.6) is 34.8 Å². The Morgan fingerprint density at radius 3 is 1.50 bits per heavy atom. The summed E-state index contributed by atoms with van der Waals surface area (Å²) in [6, 6.07) is 9.34. The van der Waals surface area contributed by atoms with E-state index in [0.29, 0.717) is 63.2 Å². The third-order valence-corrected chi connectivity index (χ3v) is 8.25. The zero-order chi connectivity index (χ0) is 36.5. The van der Waals surface area contributed by atoms with Gasteiger partial charge >= 0.3 is 5.97 Å². The van der Waals surface area contributed by atoms with Crippen LogP contribution in [-0.4, -0.2) is 41.7 Å². The van der Waals surface area contributed by atoms with Gasteiger partial charge in [0.05, 0.1) is 58.2 Å². The van der Waals surface area contributed by atoms with Crippen LogP contribution in [0.15, 0.2) is 48.8 Å². The molecule has 2 fully saturated rings. The number of nitro groups is 1. The monoisotopic (exact) mass is 766 g/mol. The number of carbonyl (C=O) groups excluding carboxylic acids is 1. The molecule has 2 aromatic carbocycles. The molecule has 6 rings (SSSR count). The fourth-order valence-electron chi connectivity index (χ4n) is 4.59. The van der Waals surface area contributed by atoms with Crippen molar-refractivity contribution in [2.24, 2.45) is 0 Å². The summed E-state index contributed by atoms with van der Waals surface area (Å²) in [7, 11) is 3.18.